The molecule has 2 nitrogen and oxygen atoms in total. The molecule has 1 heterocycles. The van der Waals surface area contributed by atoms with Crippen LogP contribution in [0.2, 0.25) is 0 Å². The molecule has 3 aromatic rings. The average Bonchev–Trinajstić information content (AvgIpc) is 3.30. The first-order valence-electron chi connectivity index (χ1n) is 7.40. The van der Waals surface area contributed by atoms with E-state index >= 15 is 0 Å². The molecule has 2 aromatic carbocycles. The number of nitrogens with zero attached hydrogens (tertiary/aromatic N) is 2. The Labute approximate surface area is 133 Å². The first kappa shape index (κ1) is 13.2. The van der Waals surface area contributed by atoms with E-state index in [0.29, 0.717) is 11.5 Å². The summed E-state index contributed by atoms with van der Waals surface area (Å²) in [5.74, 6) is 0.627. The molecule has 1 fully saturated rings. The van der Waals surface area contributed by atoms with Gasteiger partial charge >= 0.3 is 0 Å². The largest absolute Gasteiger partial charge is 0.240 e. The highest BCUT2D eigenvalue weighted by molar-refractivity contribution is 7.11. The SMILES string of the molecule is N#C/C(=C/c1cccc2ccccc12)c1nc(C2CC2)cs1. The van der Waals surface area contributed by atoms with E-state index in [-0.39, 0.29) is 0 Å². The normalized spacial score (nSPS) is 15.0. The third-order valence-electron chi connectivity index (χ3n) is 3.99. The van der Waals surface area contributed by atoms with Gasteiger partial charge in [-0.05, 0) is 35.3 Å². The fraction of sp³-hybridized carbons (Fsp3) is 0.158. The lowest BCUT2D eigenvalue weighted by molar-refractivity contribution is 1.05. The van der Waals surface area contributed by atoms with Crippen LogP contribution in [0.25, 0.3) is 22.4 Å². The predicted octanol–water partition coefficient (Wildman–Crippen LogP) is 5.24. The molecule has 106 valence electrons. The van der Waals surface area contributed by atoms with Gasteiger partial charge in [0.15, 0.2) is 0 Å². The van der Waals surface area contributed by atoms with Gasteiger partial charge in [-0.15, -0.1) is 11.3 Å². The number of allylic oxidation sites excluding steroid dienone is 1. The van der Waals surface area contributed by atoms with Gasteiger partial charge in [-0.1, -0.05) is 42.5 Å². The van der Waals surface area contributed by atoms with Crippen molar-refractivity contribution in [1.82, 2.24) is 4.98 Å². The summed E-state index contributed by atoms with van der Waals surface area (Å²) in [6, 6.07) is 16.7. The molecule has 0 saturated heterocycles. The number of hydrogen-bond donors (Lipinski definition) is 0. The van der Waals surface area contributed by atoms with E-state index in [2.05, 4.69) is 40.7 Å². The van der Waals surface area contributed by atoms with Crippen LogP contribution >= 0.6 is 11.3 Å². The predicted molar refractivity (Wildman–Crippen MR) is 91.5 cm³/mol. The lowest BCUT2D eigenvalue weighted by Gasteiger charge is -2.02. The van der Waals surface area contributed by atoms with E-state index in [1.54, 1.807) is 11.3 Å². The van der Waals surface area contributed by atoms with Gasteiger partial charge in [-0.25, -0.2) is 4.98 Å². The minimum atomic E-state index is 0.627. The fourth-order valence-corrected chi connectivity index (χ4v) is 3.52. The van der Waals surface area contributed by atoms with Crippen molar-refractivity contribution in [3.63, 3.8) is 0 Å². The van der Waals surface area contributed by atoms with Gasteiger partial charge in [0.2, 0.25) is 0 Å². The minimum absolute atomic E-state index is 0.627. The molecule has 1 aliphatic rings. The maximum absolute atomic E-state index is 9.52. The van der Waals surface area contributed by atoms with Crippen LogP contribution in [0.4, 0.5) is 0 Å². The Hall–Kier alpha value is -2.44. The Morgan fingerprint density at radius 2 is 2.00 bits per heavy atom. The minimum Gasteiger partial charge on any atom is -0.240 e. The standard InChI is InChI=1S/C19H14N2S/c20-11-16(19-21-18(12-22-19)14-8-9-14)10-15-6-3-5-13-4-1-2-7-17(13)15/h1-7,10,12,14H,8-9H2/b16-10-. The van der Waals surface area contributed by atoms with Crippen molar-refractivity contribution in [1.29, 1.82) is 5.26 Å². The highest BCUT2D eigenvalue weighted by Gasteiger charge is 2.26. The molecule has 1 saturated carbocycles. The van der Waals surface area contributed by atoms with Crippen LogP contribution in [0.15, 0.2) is 47.8 Å². The maximum Gasteiger partial charge on any atom is 0.134 e. The number of rotatable bonds is 3. The summed E-state index contributed by atoms with van der Waals surface area (Å²) >= 11 is 1.57. The van der Waals surface area contributed by atoms with Crippen LogP contribution in [-0.4, -0.2) is 4.98 Å². The second-order valence-electron chi connectivity index (χ2n) is 5.59. The fourth-order valence-electron chi connectivity index (χ4n) is 2.65. The third kappa shape index (κ3) is 2.43. The Balaban J connectivity index is 1.79. The summed E-state index contributed by atoms with van der Waals surface area (Å²) in [5.41, 5.74) is 2.87. The van der Waals surface area contributed by atoms with Crippen molar-refractivity contribution in [3.05, 3.63) is 64.1 Å². The lowest BCUT2D eigenvalue weighted by Crippen LogP contribution is -1.85. The van der Waals surface area contributed by atoms with Crippen LogP contribution in [-0.2, 0) is 0 Å². The first-order valence-corrected chi connectivity index (χ1v) is 8.28. The monoisotopic (exact) mass is 302 g/mol. The van der Waals surface area contributed by atoms with E-state index < -0.39 is 0 Å². The van der Waals surface area contributed by atoms with Gasteiger partial charge in [0.05, 0.1) is 11.3 Å². The zero-order valence-electron chi connectivity index (χ0n) is 12.0. The Morgan fingerprint density at radius 3 is 2.82 bits per heavy atom. The number of fused-ring (bicyclic) bond motifs is 1. The van der Waals surface area contributed by atoms with Crippen molar-refractivity contribution in [2.24, 2.45) is 0 Å². The summed E-state index contributed by atoms with van der Waals surface area (Å²) < 4.78 is 0. The van der Waals surface area contributed by atoms with Crippen molar-refractivity contribution < 1.29 is 0 Å². The zero-order valence-corrected chi connectivity index (χ0v) is 12.8. The zero-order chi connectivity index (χ0) is 14.9. The number of thiazole rings is 1. The van der Waals surface area contributed by atoms with Gasteiger partial charge in [-0.3, -0.25) is 0 Å². The van der Waals surface area contributed by atoms with E-state index in [9.17, 15) is 5.26 Å². The molecule has 0 spiro atoms. The van der Waals surface area contributed by atoms with Crippen molar-refractivity contribution in [2.45, 2.75) is 18.8 Å². The second kappa shape index (κ2) is 5.40. The maximum atomic E-state index is 9.52. The molecular formula is C19H14N2S. The highest BCUT2D eigenvalue weighted by atomic mass is 32.1. The number of nitriles is 1. The summed E-state index contributed by atoms with van der Waals surface area (Å²) in [7, 11) is 0. The molecular weight excluding hydrogens is 288 g/mol. The Kier molecular flexibility index (Phi) is 3.25. The van der Waals surface area contributed by atoms with E-state index in [1.807, 2.05) is 24.3 Å². The summed E-state index contributed by atoms with van der Waals surface area (Å²) in [5, 5.41) is 14.8. The second-order valence-corrected chi connectivity index (χ2v) is 6.45. The smallest absolute Gasteiger partial charge is 0.134 e. The van der Waals surface area contributed by atoms with Crippen LogP contribution < -0.4 is 0 Å². The molecule has 0 bridgehead atoms. The molecule has 0 radical (unpaired) electrons. The summed E-state index contributed by atoms with van der Waals surface area (Å²) in [6.07, 6.45) is 4.42. The number of benzene rings is 2. The molecule has 1 aromatic heterocycles. The van der Waals surface area contributed by atoms with Gasteiger partial charge in [0.25, 0.3) is 0 Å². The van der Waals surface area contributed by atoms with E-state index in [1.165, 1.54) is 18.2 Å². The molecule has 0 unspecified atom stereocenters. The van der Waals surface area contributed by atoms with Crippen molar-refractivity contribution in [3.8, 4) is 6.07 Å². The molecule has 1 aliphatic carbocycles. The Morgan fingerprint density at radius 1 is 1.18 bits per heavy atom. The van der Waals surface area contributed by atoms with Crippen LogP contribution in [0.3, 0.4) is 0 Å². The van der Waals surface area contributed by atoms with Crippen LogP contribution in [0.5, 0.6) is 0 Å². The summed E-state index contributed by atoms with van der Waals surface area (Å²) in [4.78, 5) is 4.65. The lowest BCUT2D eigenvalue weighted by atomic mass is 10.0. The average molecular weight is 302 g/mol. The van der Waals surface area contributed by atoms with E-state index in [4.69, 9.17) is 0 Å². The quantitative estimate of drug-likeness (QED) is 0.620. The van der Waals surface area contributed by atoms with E-state index in [0.717, 1.165) is 21.7 Å². The molecule has 22 heavy (non-hydrogen) atoms. The molecule has 3 heteroatoms. The first-order chi connectivity index (χ1) is 10.8. The summed E-state index contributed by atoms with van der Waals surface area (Å²) in [6.45, 7) is 0. The van der Waals surface area contributed by atoms with Gasteiger partial charge < -0.3 is 0 Å². The highest BCUT2D eigenvalue weighted by Crippen LogP contribution is 2.41. The number of aromatic nitrogens is 1. The van der Waals surface area contributed by atoms with Crippen molar-refractivity contribution in [2.75, 3.05) is 0 Å². The van der Waals surface area contributed by atoms with Crippen LogP contribution in [0, 0.1) is 11.3 Å². The molecule has 0 N–H and O–H groups in total. The topological polar surface area (TPSA) is 36.7 Å². The molecule has 0 amide bonds. The molecule has 0 aliphatic heterocycles. The van der Waals surface area contributed by atoms with Gasteiger partial charge in [0.1, 0.15) is 11.1 Å². The molecule has 0 atom stereocenters. The third-order valence-corrected chi connectivity index (χ3v) is 4.89. The van der Waals surface area contributed by atoms with Crippen LogP contribution in [0.1, 0.15) is 35.0 Å². The van der Waals surface area contributed by atoms with Crippen molar-refractivity contribution >= 4 is 33.8 Å². The van der Waals surface area contributed by atoms with Gasteiger partial charge in [0, 0.05) is 11.3 Å². The van der Waals surface area contributed by atoms with Gasteiger partial charge in [-0.2, -0.15) is 5.26 Å². The Bertz CT molecular complexity index is 905. The number of hydrogen-bond acceptors (Lipinski definition) is 3. The molecule has 4 rings (SSSR count).